The van der Waals surface area contributed by atoms with Crippen molar-refractivity contribution in [2.75, 3.05) is 27.2 Å². The molecule has 0 amide bonds. The molecule has 0 radical (unpaired) electrons. The van der Waals surface area contributed by atoms with E-state index in [4.69, 9.17) is 12.2 Å². The molecule has 2 aliphatic rings. The number of aromatic nitrogens is 1. The van der Waals surface area contributed by atoms with Crippen LogP contribution >= 0.6 is 12.2 Å². The van der Waals surface area contributed by atoms with Gasteiger partial charge in [0.25, 0.3) is 0 Å². The highest BCUT2D eigenvalue weighted by atomic mass is 32.1. The van der Waals surface area contributed by atoms with Gasteiger partial charge in [-0.25, -0.2) is 0 Å². The number of nitrogens with zero attached hydrogens (tertiary/aromatic N) is 2. The number of H-pyrrole nitrogens is 1. The Hall–Kier alpha value is -1.59. The van der Waals surface area contributed by atoms with Gasteiger partial charge in [0.05, 0.1) is 0 Å². The molecule has 1 aromatic heterocycles. The van der Waals surface area contributed by atoms with Gasteiger partial charge < -0.3 is 15.2 Å². The van der Waals surface area contributed by atoms with Crippen LogP contribution in [0.15, 0.2) is 18.2 Å². The quantitative estimate of drug-likeness (QED) is 0.812. The highest BCUT2D eigenvalue weighted by Crippen LogP contribution is 2.44. The average molecular weight is 371 g/mol. The minimum absolute atomic E-state index is 0.412. The molecule has 26 heavy (non-hydrogen) atoms. The summed E-state index contributed by atoms with van der Waals surface area (Å²) in [5, 5.41) is 5.94. The van der Waals surface area contributed by atoms with Crippen molar-refractivity contribution in [3.63, 3.8) is 0 Å². The van der Waals surface area contributed by atoms with Crippen molar-refractivity contribution in [3.05, 3.63) is 35.0 Å². The van der Waals surface area contributed by atoms with E-state index >= 15 is 0 Å². The monoisotopic (exact) mass is 370 g/mol. The molecule has 5 heteroatoms. The Morgan fingerprint density at radius 3 is 2.92 bits per heavy atom. The summed E-state index contributed by atoms with van der Waals surface area (Å²) < 4.78 is 0. The number of likely N-dealkylation sites (tertiary alicyclic amines) is 1. The van der Waals surface area contributed by atoms with E-state index in [1.165, 1.54) is 40.6 Å². The van der Waals surface area contributed by atoms with Crippen LogP contribution in [0, 0.1) is 6.92 Å². The zero-order chi connectivity index (χ0) is 18.4. The maximum atomic E-state index is 5.53. The van der Waals surface area contributed by atoms with E-state index in [2.05, 4.69) is 47.2 Å². The molecule has 2 N–H and O–H groups in total. The zero-order valence-corrected chi connectivity index (χ0v) is 17.1. The Morgan fingerprint density at radius 2 is 2.19 bits per heavy atom. The summed E-state index contributed by atoms with van der Waals surface area (Å²) in [5.41, 5.74) is 5.71. The second-order valence-corrected chi connectivity index (χ2v) is 8.53. The summed E-state index contributed by atoms with van der Waals surface area (Å²) in [6, 6.07) is 7.81. The second kappa shape index (κ2) is 6.86. The number of nitrogens with one attached hydrogen (secondary N) is 2. The lowest BCUT2D eigenvalue weighted by atomic mass is 9.73. The first-order chi connectivity index (χ1) is 12.5. The van der Waals surface area contributed by atoms with Gasteiger partial charge in [-0.15, -0.1) is 0 Å². The van der Waals surface area contributed by atoms with Gasteiger partial charge in [0.2, 0.25) is 0 Å². The fourth-order valence-electron chi connectivity index (χ4n) is 5.02. The normalized spacial score (nSPS) is 25.2. The van der Waals surface area contributed by atoms with Crippen LogP contribution < -0.4 is 5.32 Å². The standard InChI is InChI=1S/C21H30N4S/c1-5-9-25-12-14(23-21(26)24(3)4)10-17-15-7-6-8-18-20(15)16(11-19(17)25)13(2)22-18/h6-8,14,17,19,22H,5,9-12H2,1-4H3,(H,23,26)/t14-,17?,19+/m0/s1. The fraction of sp³-hybridized carbons (Fsp3) is 0.571. The second-order valence-electron chi connectivity index (χ2n) is 8.15. The minimum atomic E-state index is 0.412. The van der Waals surface area contributed by atoms with Gasteiger partial charge in [0, 0.05) is 55.2 Å². The van der Waals surface area contributed by atoms with Crippen LogP contribution in [0.3, 0.4) is 0 Å². The third-order valence-electron chi connectivity index (χ3n) is 6.16. The first kappa shape index (κ1) is 17.8. The SMILES string of the molecule is CCCN1C[C@@H](NC(=S)N(C)C)CC2c3cccc4[nH]c(C)c(c34)C[C@H]21. The van der Waals surface area contributed by atoms with Crippen molar-refractivity contribution in [1.29, 1.82) is 0 Å². The summed E-state index contributed by atoms with van der Waals surface area (Å²) in [5.74, 6) is 0.573. The maximum absolute atomic E-state index is 5.53. The minimum Gasteiger partial charge on any atom is -0.359 e. The summed E-state index contributed by atoms with van der Waals surface area (Å²) >= 11 is 5.53. The third-order valence-corrected chi connectivity index (χ3v) is 6.64. The molecule has 0 bridgehead atoms. The zero-order valence-electron chi connectivity index (χ0n) is 16.3. The van der Waals surface area contributed by atoms with E-state index in [1.54, 1.807) is 0 Å². The van der Waals surface area contributed by atoms with Gasteiger partial charge in [-0.2, -0.15) is 0 Å². The van der Waals surface area contributed by atoms with E-state index in [0.717, 1.165) is 24.6 Å². The van der Waals surface area contributed by atoms with Crippen molar-refractivity contribution in [2.24, 2.45) is 0 Å². The molecule has 1 aliphatic carbocycles. The third kappa shape index (κ3) is 2.91. The molecule has 1 aliphatic heterocycles. The van der Waals surface area contributed by atoms with E-state index < -0.39 is 0 Å². The van der Waals surface area contributed by atoms with Crippen LogP contribution in [0.2, 0.25) is 0 Å². The molecular weight excluding hydrogens is 340 g/mol. The van der Waals surface area contributed by atoms with Crippen molar-refractivity contribution in [3.8, 4) is 0 Å². The number of benzene rings is 1. The lowest BCUT2D eigenvalue weighted by Gasteiger charge is -2.47. The molecule has 4 rings (SSSR count). The van der Waals surface area contributed by atoms with Gasteiger partial charge >= 0.3 is 0 Å². The summed E-state index contributed by atoms with van der Waals surface area (Å²) in [7, 11) is 4.03. The number of rotatable bonds is 3. The lowest BCUT2D eigenvalue weighted by Crippen LogP contribution is -2.57. The van der Waals surface area contributed by atoms with Gasteiger partial charge in [-0.1, -0.05) is 19.1 Å². The Morgan fingerprint density at radius 1 is 1.38 bits per heavy atom. The van der Waals surface area contributed by atoms with E-state index in [1.807, 2.05) is 19.0 Å². The number of piperidine rings is 1. The first-order valence-corrected chi connectivity index (χ1v) is 10.2. The maximum Gasteiger partial charge on any atom is 0.168 e. The van der Waals surface area contributed by atoms with E-state index in [-0.39, 0.29) is 0 Å². The predicted octanol–water partition coefficient (Wildman–Crippen LogP) is 3.41. The van der Waals surface area contributed by atoms with Crippen molar-refractivity contribution in [1.82, 2.24) is 20.1 Å². The Kier molecular flexibility index (Phi) is 4.70. The fourth-order valence-corrected chi connectivity index (χ4v) is 5.19. The Balaban J connectivity index is 1.71. The van der Waals surface area contributed by atoms with Crippen molar-refractivity contribution in [2.45, 2.75) is 51.1 Å². The molecular formula is C21H30N4S. The molecule has 4 nitrogen and oxygen atoms in total. The lowest BCUT2D eigenvalue weighted by molar-refractivity contribution is 0.104. The van der Waals surface area contributed by atoms with Crippen LogP contribution in [-0.4, -0.2) is 59.2 Å². The number of fused-ring (bicyclic) bond motifs is 2. The molecule has 2 heterocycles. The first-order valence-electron chi connectivity index (χ1n) is 9.81. The van der Waals surface area contributed by atoms with Crippen LogP contribution in [0.5, 0.6) is 0 Å². The van der Waals surface area contributed by atoms with Gasteiger partial charge in [0.15, 0.2) is 5.11 Å². The molecule has 0 spiro atoms. The Labute approximate surface area is 161 Å². The summed E-state index contributed by atoms with van der Waals surface area (Å²) in [6.45, 7) is 6.75. The topological polar surface area (TPSA) is 34.3 Å². The van der Waals surface area contributed by atoms with Gasteiger partial charge in [-0.05, 0) is 62.1 Å². The van der Waals surface area contributed by atoms with Crippen LogP contribution in [0.1, 0.15) is 42.5 Å². The summed E-state index contributed by atoms with van der Waals surface area (Å²) in [4.78, 5) is 8.32. The highest BCUT2D eigenvalue weighted by molar-refractivity contribution is 7.80. The average Bonchev–Trinajstić information content (AvgIpc) is 2.93. The molecule has 140 valence electrons. The molecule has 0 saturated carbocycles. The Bertz CT molecular complexity index is 825. The van der Waals surface area contributed by atoms with Crippen LogP contribution in [-0.2, 0) is 6.42 Å². The molecule has 1 aromatic carbocycles. The number of aryl methyl sites for hydroxylation is 1. The van der Waals surface area contributed by atoms with Crippen molar-refractivity contribution < 1.29 is 0 Å². The number of thiocarbonyl (C=S) groups is 1. The molecule has 2 aromatic rings. The molecule has 1 unspecified atom stereocenters. The smallest absolute Gasteiger partial charge is 0.168 e. The van der Waals surface area contributed by atoms with Crippen LogP contribution in [0.4, 0.5) is 0 Å². The summed E-state index contributed by atoms with van der Waals surface area (Å²) in [6.07, 6.45) is 3.51. The highest BCUT2D eigenvalue weighted by Gasteiger charge is 2.41. The van der Waals surface area contributed by atoms with Gasteiger partial charge in [-0.3, -0.25) is 4.90 Å². The molecule has 1 saturated heterocycles. The largest absolute Gasteiger partial charge is 0.359 e. The van der Waals surface area contributed by atoms with E-state index in [0.29, 0.717) is 18.0 Å². The number of hydrogen-bond donors (Lipinski definition) is 2. The number of hydrogen-bond acceptors (Lipinski definition) is 2. The molecule has 1 fully saturated rings. The van der Waals surface area contributed by atoms with E-state index in [9.17, 15) is 0 Å². The molecule has 3 atom stereocenters. The van der Waals surface area contributed by atoms with Gasteiger partial charge in [0.1, 0.15) is 0 Å². The van der Waals surface area contributed by atoms with Crippen molar-refractivity contribution >= 4 is 28.2 Å². The predicted molar refractivity (Wildman–Crippen MR) is 113 cm³/mol. The number of aromatic amines is 1. The van der Waals surface area contributed by atoms with Crippen LogP contribution in [0.25, 0.3) is 10.9 Å².